The third kappa shape index (κ3) is 4.06. The molecule has 0 radical (unpaired) electrons. The van der Waals surface area contributed by atoms with E-state index < -0.39 is 0 Å². The number of rotatable bonds is 5. The van der Waals surface area contributed by atoms with E-state index in [0.29, 0.717) is 5.02 Å². The van der Waals surface area contributed by atoms with Crippen LogP contribution in [-0.4, -0.2) is 6.54 Å². The van der Waals surface area contributed by atoms with Crippen molar-refractivity contribution in [2.24, 2.45) is 0 Å². The van der Waals surface area contributed by atoms with Crippen LogP contribution in [0.5, 0.6) is 0 Å². The number of aryl methyl sites for hydroxylation is 1. The molecule has 2 rings (SSSR count). The molecule has 112 valence electrons. The van der Waals surface area contributed by atoms with Crippen molar-refractivity contribution in [2.45, 2.75) is 26.3 Å². The Bertz CT molecular complexity index is 630. The van der Waals surface area contributed by atoms with Crippen molar-refractivity contribution in [2.75, 3.05) is 6.54 Å². The molecule has 0 spiro atoms. The van der Waals surface area contributed by atoms with Gasteiger partial charge in [0.15, 0.2) is 0 Å². The maximum atomic E-state index is 13.6. The summed E-state index contributed by atoms with van der Waals surface area (Å²) in [7, 11) is 0. The summed E-state index contributed by atoms with van der Waals surface area (Å²) in [4.78, 5) is 0. The zero-order valence-corrected chi connectivity index (χ0v) is 14.4. The maximum absolute atomic E-state index is 13.6. The Morgan fingerprint density at radius 2 is 2.00 bits per heavy atom. The lowest BCUT2D eigenvalue weighted by Crippen LogP contribution is -2.23. The molecule has 1 unspecified atom stereocenters. The molecule has 21 heavy (non-hydrogen) atoms. The van der Waals surface area contributed by atoms with E-state index in [2.05, 4.69) is 34.2 Å². The van der Waals surface area contributed by atoms with Gasteiger partial charge in [-0.1, -0.05) is 46.6 Å². The van der Waals surface area contributed by atoms with Crippen LogP contribution in [0.4, 0.5) is 4.39 Å². The molecule has 0 amide bonds. The molecule has 4 heteroatoms. The molecular formula is C17H18BrClFN. The summed E-state index contributed by atoms with van der Waals surface area (Å²) < 4.78 is 14.7. The molecule has 2 aromatic carbocycles. The van der Waals surface area contributed by atoms with Gasteiger partial charge in [-0.2, -0.15) is 0 Å². The van der Waals surface area contributed by atoms with Crippen LogP contribution in [0.2, 0.25) is 5.02 Å². The van der Waals surface area contributed by atoms with Gasteiger partial charge in [0, 0.05) is 9.50 Å². The second-order valence-corrected chi connectivity index (χ2v) is 6.32. The van der Waals surface area contributed by atoms with Gasteiger partial charge in [-0.25, -0.2) is 4.39 Å². The molecule has 2 aromatic rings. The average molecular weight is 371 g/mol. The molecule has 0 heterocycles. The first-order valence-corrected chi connectivity index (χ1v) is 8.14. The number of hydrogen-bond donors (Lipinski definition) is 1. The molecule has 0 aromatic heterocycles. The monoisotopic (exact) mass is 369 g/mol. The Labute approximate surface area is 138 Å². The average Bonchev–Trinajstić information content (AvgIpc) is 2.46. The first kappa shape index (κ1) is 16.5. The second-order valence-electron chi connectivity index (χ2n) is 5.06. The molecule has 1 N–H and O–H groups in total. The minimum Gasteiger partial charge on any atom is -0.306 e. The fourth-order valence-corrected chi connectivity index (χ4v) is 2.75. The zero-order chi connectivity index (χ0) is 15.4. The largest absolute Gasteiger partial charge is 0.306 e. The lowest BCUT2D eigenvalue weighted by atomic mass is 9.97. The SMILES string of the molecule is CCCNC(c1ccc(Br)c(C)c1)c1cc(F)ccc1Cl. The molecular weight excluding hydrogens is 353 g/mol. The molecule has 1 nitrogen and oxygen atoms in total. The van der Waals surface area contributed by atoms with Gasteiger partial charge in [0.25, 0.3) is 0 Å². The van der Waals surface area contributed by atoms with Crippen LogP contribution in [0.25, 0.3) is 0 Å². The first-order valence-electron chi connectivity index (χ1n) is 6.97. The van der Waals surface area contributed by atoms with Gasteiger partial charge in [-0.15, -0.1) is 0 Å². The van der Waals surface area contributed by atoms with Crippen molar-refractivity contribution in [3.63, 3.8) is 0 Å². The number of nitrogens with one attached hydrogen (secondary N) is 1. The predicted molar refractivity (Wildman–Crippen MR) is 90.4 cm³/mol. The molecule has 0 fully saturated rings. The molecule has 0 aliphatic carbocycles. The Morgan fingerprint density at radius 3 is 2.67 bits per heavy atom. The van der Waals surface area contributed by atoms with Crippen LogP contribution < -0.4 is 5.32 Å². The summed E-state index contributed by atoms with van der Waals surface area (Å²) in [5, 5.41) is 4.02. The van der Waals surface area contributed by atoms with Gasteiger partial charge in [0.2, 0.25) is 0 Å². The molecule has 0 aliphatic rings. The highest BCUT2D eigenvalue weighted by Crippen LogP contribution is 2.31. The van der Waals surface area contributed by atoms with E-state index in [1.165, 1.54) is 12.1 Å². The summed E-state index contributed by atoms with van der Waals surface area (Å²) in [6.45, 7) is 4.98. The molecule has 0 saturated heterocycles. The Balaban J connectivity index is 2.46. The summed E-state index contributed by atoms with van der Waals surface area (Å²) in [6.07, 6.45) is 0.999. The number of benzene rings is 2. The molecule has 0 bridgehead atoms. The topological polar surface area (TPSA) is 12.0 Å². The minimum absolute atomic E-state index is 0.111. The second kappa shape index (κ2) is 7.39. The third-order valence-electron chi connectivity index (χ3n) is 3.38. The van der Waals surface area contributed by atoms with Crippen molar-refractivity contribution >= 4 is 27.5 Å². The van der Waals surface area contributed by atoms with E-state index in [1.807, 2.05) is 19.1 Å². The molecule has 0 saturated carbocycles. The Kier molecular flexibility index (Phi) is 5.80. The Hall–Kier alpha value is -0.900. The highest BCUT2D eigenvalue weighted by Gasteiger charge is 2.17. The van der Waals surface area contributed by atoms with E-state index in [-0.39, 0.29) is 11.9 Å². The van der Waals surface area contributed by atoms with Crippen molar-refractivity contribution in [1.82, 2.24) is 5.32 Å². The van der Waals surface area contributed by atoms with Crippen LogP contribution in [0.15, 0.2) is 40.9 Å². The maximum Gasteiger partial charge on any atom is 0.123 e. The minimum atomic E-state index is -0.272. The highest BCUT2D eigenvalue weighted by atomic mass is 79.9. The highest BCUT2D eigenvalue weighted by molar-refractivity contribution is 9.10. The smallest absolute Gasteiger partial charge is 0.123 e. The van der Waals surface area contributed by atoms with Crippen molar-refractivity contribution in [3.05, 3.63) is 68.4 Å². The Morgan fingerprint density at radius 1 is 1.24 bits per heavy atom. The van der Waals surface area contributed by atoms with Gasteiger partial charge in [0.1, 0.15) is 5.82 Å². The van der Waals surface area contributed by atoms with E-state index in [0.717, 1.165) is 34.1 Å². The number of hydrogen-bond acceptors (Lipinski definition) is 1. The number of halogens is 3. The third-order valence-corrected chi connectivity index (χ3v) is 4.62. The zero-order valence-electron chi connectivity index (χ0n) is 12.1. The fourth-order valence-electron chi connectivity index (χ4n) is 2.28. The van der Waals surface area contributed by atoms with E-state index in [4.69, 9.17) is 11.6 Å². The summed E-state index contributed by atoms with van der Waals surface area (Å²) in [5.41, 5.74) is 2.99. The van der Waals surface area contributed by atoms with Gasteiger partial charge >= 0.3 is 0 Å². The van der Waals surface area contributed by atoms with E-state index in [9.17, 15) is 4.39 Å². The van der Waals surface area contributed by atoms with Crippen LogP contribution in [0.1, 0.15) is 36.1 Å². The quantitative estimate of drug-likeness (QED) is 0.718. The molecule has 1 atom stereocenters. The van der Waals surface area contributed by atoms with Crippen molar-refractivity contribution in [1.29, 1.82) is 0 Å². The fraction of sp³-hybridized carbons (Fsp3) is 0.294. The first-order chi connectivity index (χ1) is 10.0. The van der Waals surface area contributed by atoms with E-state index in [1.54, 1.807) is 6.07 Å². The van der Waals surface area contributed by atoms with Gasteiger partial charge in [-0.05, 0) is 60.8 Å². The van der Waals surface area contributed by atoms with Crippen molar-refractivity contribution in [3.8, 4) is 0 Å². The van der Waals surface area contributed by atoms with E-state index >= 15 is 0 Å². The summed E-state index contributed by atoms with van der Waals surface area (Å²) >= 11 is 9.78. The lowest BCUT2D eigenvalue weighted by Gasteiger charge is -2.21. The van der Waals surface area contributed by atoms with Gasteiger partial charge in [-0.3, -0.25) is 0 Å². The summed E-state index contributed by atoms with van der Waals surface area (Å²) in [5.74, 6) is -0.272. The van der Waals surface area contributed by atoms with Crippen LogP contribution in [-0.2, 0) is 0 Å². The predicted octanol–water partition coefficient (Wildman–Crippen LogP) is 5.64. The van der Waals surface area contributed by atoms with Gasteiger partial charge < -0.3 is 5.32 Å². The normalized spacial score (nSPS) is 12.4. The van der Waals surface area contributed by atoms with Crippen LogP contribution >= 0.6 is 27.5 Å². The summed E-state index contributed by atoms with van der Waals surface area (Å²) in [6, 6.07) is 10.5. The van der Waals surface area contributed by atoms with Crippen LogP contribution in [0, 0.1) is 12.7 Å². The van der Waals surface area contributed by atoms with Crippen LogP contribution in [0.3, 0.4) is 0 Å². The van der Waals surface area contributed by atoms with Gasteiger partial charge in [0.05, 0.1) is 6.04 Å². The lowest BCUT2D eigenvalue weighted by molar-refractivity contribution is 0.585. The standard InChI is InChI=1S/C17H18BrClFN/c1-3-8-21-17(12-4-6-15(18)11(2)9-12)14-10-13(20)5-7-16(14)19/h4-7,9-10,17,21H,3,8H2,1-2H3. The molecule has 0 aliphatic heterocycles. The van der Waals surface area contributed by atoms with Crippen molar-refractivity contribution < 1.29 is 4.39 Å².